The fourth-order valence-electron chi connectivity index (χ4n) is 7.33. The van der Waals surface area contributed by atoms with Crippen molar-refractivity contribution in [3.8, 4) is 0 Å². The normalized spacial score (nSPS) is 42.5. The van der Waals surface area contributed by atoms with E-state index in [9.17, 15) is 0 Å². The van der Waals surface area contributed by atoms with Crippen molar-refractivity contribution >= 4 is 6.08 Å². The lowest BCUT2D eigenvalue weighted by Crippen LogP contribution is -2.52. The second-order valence-corrected chi connectivity index (χ2v) is 9.34. The zero-order valence-electron chi connectivity index (χ0n) is 15.9. The summed E-state index contributed by atoms with van der Waals surface area (Å²) in [5.74, 6) is 5.51. The van der Waals surface area contributed by atoms with Crippen LogP contribution in [0.15, 0.2) is 29.8 Å². The van der Waals surface area contributed by atoms with Gasteiger partial charge in [0.05, 0.1) is 0 Å². The third-order valence-electron chi connectivity index (χ3n) is 8.25. The van der Waals surface area contributed by atoms with Crippen LogP contribution in [0.2, 0.25) is 0 Å². The summed E-state index contributed by atoms with van der Waals surface area (Å²) in [7, 11) is 0. The van der Waals surface area contributed by atoms with E-state index < -0.39 is 0 Å². The third kappa shape index (κ3) is 2.53. The van der Waals surface area contributed by atoms with Crippen molar-refractivity contribution in [2.24, 2.45) is 35.5 Å². The van der Waals surface area contributed by atoms with Crippen LogP contribution in [0.3, 0.4) is 0 Å². The summed E-state index contributed by atoms with van der Waals surface area (Å²) in [6.07, 6.45) is 10.9. The standard InChI is InChI=1S/C24H33N/c1-3-19-15(2)11-22-21(19)14-23-20(9-6-10-25-23)24(22)18-12-16-7-4-5-8-17(16)13-18/h4-5,7-8,12,15,19-25H,3,6,9-11,13-14H2,1-2H3. The lowest BCUT2D eigenvalue weighted by Gasteiger charge is -2.49. The molecule has 0 aromatic heterocycles. The zero-order chi connectivity index (χ0) is 17.0. The average Bonchev–Trinajstić information content (AvgIpc) is 3.19. The molecule has 7 unspecified atom stereocenters. The smallest absolute Gasteiger partial charge is 0.0104 e. The quantitative estimate of drug-likeness (QED) is 0.772. The van der Waals surface area contributed by atoms with E-state index in [0.717, 1.165) is 41.5 Å². The minimum atomic E-state index is 0.781. The second kappa shape index (κ2) is 6.27. The predicted octanol–water partition coefficient (Wildman–Crippen LogP) is 5.31. The Hall–Kier alpha value is -1.08. The van der Waals surface area contributed by atoms with Crippen LogP contribution in [-0.2, 0) is 6.42 Å². The molecule has 7 atom stereocenters. The van der Waals surface area contributed by atoms with Crippen LogP contribution in [0.1, 0.15) is 57.1 Å². The number of benzene rings is 1. The molecule has 4 aliphatic rings. The van der Waals surface area contributed by atoms with Crippen LogP contribution < -0.4 is 5.32 Å². The van der Waals surface area contributed by atoms with E-state index in [2.05, 4.69) is 49.5 Å². The Morgan fingerprint density at radius 3 is 2.80 bits per heavy atom. The molecule has 1 aliphatic heterocycles. The number of nitrogens with one attached hydrogen (secondary N) is 1. The second-order valence-electron chi connectivity index (χ2n) is 9.34. The first-order chi connectivity index (χ1) is 12.3. The van der Waals surface area contributed by atoms with E-state index in [4.69, 9.17) is 0 Å². The van der Waals surface area contributed by atoms with Crippen LogP contribution in [0, 0.1) is 35.5 Å². The van der Waals surface area contributed by atoms with Crippen molar-refractivity contribution in [3.63, 3.8) is 0 Å². The highest BCUT2D eigenvalue weighted by Gasteiger charge is 2.52. The Labute approximate surface area is 153 Å². The minimum absolute atomic E-state index is 0.781. The number of hydrogen-bond donors (Lipinski definition) is 1. The van der Waals surface area contributed by atoms with Crippen LogP contribution >= 0.6 is 0 Å². The van der Waals surface area contributed by atoms with Gasteiger partial charge in [0.15, 0.2) is 0 Å². The van der Waals surface area contributed by atoms with Crippen molar-refractivity contribution in [2.45, 2.75) is 58.4 Å². The molecule has 1 heteroatoms. The van der Waals surface area contributed by atoms with Crippen molar-refractivity contribution in [1.82, 2.24) is 5.32 Å². The molecule has 3 aliphatic carbocycles. The molecule has 1 heterocycles. The molecule has 2 saturated carbocycles. The average molecular weight is 336 g/mol. The van der Waals surface area contributed by atoms with Gasteiger partial charge in [-0.3, -0.25) is 0 Å². The van der Waals surface area contributed by atoms with Crippen LogP contribution in [-0.4, -0.2) is 12.6 Å². The summed E-state index contributed by atoms with van der Waals surface area (Å²) in [5.41, 5.74) is 4.84. The van der Waals surface area contributed by atoms with Gasteiger partial charge < -0.3 is 5.32 Å². The van der Waals surface area contributed by atoms with E-state index in [1.165, 1.54) is 50.6 Å². The monoisotopic (exact) mass is 335 g/mol. The number of rotatable bonds is 2. The molecule has 1 aromatic rings. The maximum Gasteiger partial charge on any atom is 0.0104 e. The first-order valence-electron chi connectivity index (χ1n) is 10.8. The molecular weight excluding hydrogens is 302 g/mol. The SMILES string of the molecule is CCC1C(C)CC2C1CC1NCCCC1C2C1=Cc2ccccc2C1. The van der Waals surface area contributed by atoms with Gasteiger partial charge in [-0.2, -0.15) is 0 Å². The van der Waals surface area contributed by atoms with E-state index >= 15 is 0 Å². The molecule has 3 fully saturated rings. The summed E-state index contributed by atoms with van der Waals surface area (Å²) >= 11 is 0. The van der Waals surface area contributed by atoms with E-state index in [0.29, 0.717) is 0 Å². The van der Waals surface area contributed by atoms with Gasteiger partial charge in [-0.05, 0) is 85.3 Å². The lowest BCUT2D eigenvalue weighted by molar-refractivity contribution is 0.0566. The fourth-order valence-corrected chi connectivity index (χ4v) is 7.33. The first-order valence-corrected chi connectivity index (χ1v) is 10.8. The van der Waals surface area contributed by atoms with Crippen LogP contribution in [0.5, 0.6) is 0 Å². The van der Waals surface area contributed by atoms with Crippen LogP contribution in [0.25, 0.3) is 6.08 Å². The van der Waals surface area contributed by atoms with Crippen molar-refractivity contribution in [3.05, 3.63) is 41.0 Å². The van der Waals surface area contributed by atoms with Crippen molar-refractivity contribution in [2.75, 3.05) is 6.54 Å². The van der Waals surface area contributed by atoms with Crippen molar-refractivity contribution in [1.29, 1.82) is 0 Å². The van der Waals surface area contributed by atoms with Gasteiger partial charge in [0.1, 0.15) is 0 Å². The summed E-state index contributed by atoms with van der Waals surface area (Å²) in [5, 5.41) is 3.94. The number of hydrogen-bond acceptors (Lipinski definition) is 1. The maximum absolute atomic E-state index is 3.94. The van der Waals surface area contributed by atoms with Gasteiger partial charge in [0.2, 0.25) is 0 Å². The minimum Gasteiger partial charge on any atom is -0.314 e. The highest BCUT2D eigenvalue weighted by molar-refractivity contribution is 5.64. The van der Waals surface area contributed by atoms with Gasteiger partial charge in [-0.1, -0.05) is 56.2 Å². The van der Waals surface area contributed by atoms with E-state index in [-0.39, 0.29) is 0 Å². The highest BCUT2D eigenvalue weighted by atomic mass is 14.9. The van der Waals surface area contributed by atoms with Gasteiger partial charge in [0, 0.05) is 6.04 Å². The molecule has 0 bridgehead atoms. The molecule has 5 rings (SSSR count). The van der Waals surface area contributed by atoms with Gasteiger partial charge in [-0.25, -0.2) is 0 Å². The molecule has 1 aromatic carbocycles. The Balaban J connectivity index is 1.51. The molecule has 1 N–H and O–H groups in total. The van der Waals surface area contributed by atoms with Gasteiger partial charge in [0.25, 0.3) is 0 Å². The summed E-state index contributed by atoms with van der Waals surface area (Å²) < 4.78 is 0. The first kappa shape index (κ1) is 16.1. The van der Waals surface area contributed by atoms with Gasteiger partial charge >= 0.3 is 0 Å². The van der Waals surface area contributed by atoms with Gasteiger partial charge in [-0.15, -0.1) is 0 Å². The predicted molar refractivity (Wildman–Crippen MR) is 105 cm³/mol. The molecule has 134 valence electrons. The lowest BCUT2D eigenvalue weighted by atomic mass is 9.59. The molecule has 0 spiro atoms. The van der Waals surface area contributed by atoms with E-state index in [1.807, 2.05) is 0 Å². The Morgan fingerprint density at radius 1 is 1.08 bits per heavy atom. The third-order valence-corrected chi connectivity index (χ3v) is 8.25. The number of piperidine rings is 1. The summed E-state index contributed by atoms with van der Waals surface area (Å²) in [6.45, 7) is 6.22. The van der Waals surface area contributed by atoms with Crippen LogP contribution in [0.4, 0.5) is 0 Å². The zero-order valence-corrected chi connectivity index (χ0v) is 15.9. The van der Waals surface area contributed by atoms with Crippen molar-refractivity contribution < 1.29 is 0 Å². The maximum atomic E-state index is 3.94. The topological polar surface area (TPSA) is 12.0 Å². The molecular formula is C24H33N. The Morgan fingerprint density at radius 2 is 1.96 bits per heavy atom. The Kier molecular flexibility index (Phi) is 4.04. The summed E-state index contributed by atoms with van der Waals surface area (Å²) in [4.78, 5) is 0. The Bertz CT molecular complexity index is 674. The van der Waals surface area contributed by atoms with E-state index in [1.54, 1.807) is 11.1 Å². The number of fused-ring (bicyclic) bond motifs is 3. The molecule has 0 radical (unpaired) electrons. The molecule has 0 amide bonds. The summed E-state index contributed by atoms with van der Waals surface area (Å²) in [6, 6.07) is 9.88. The fraction of sp³-hybridized carbons (Fsp3) is 0.667. The molecule has 1 saturated heterocycles. The highest BCUT2D eigenvalue weighted by Crippen LogP contribution is 2.58. The number of allylic oxidation sites excluding steroid dienone is 1. The largest absolute Gasteiger partial charge is 0.314 e. The molecule has 1 nitrogen and oxygen atoms in total. The molecule has 25 heavy (non-hydrogen) atoms.